The van der Waals surface area contributed by atoms with E-state index in [0.717, 1.165) is 12.8 Å². The maximum absolute atomic E-state index is 12.2. The largest absolute Gasteiger partial charge is 0.353 e. The van der Waals surface area contributed by atoms with Crippen LogP contribution in [0.5, 0.6) is 0 Å². The maximum Gasteiger partial charge on any atom is 0.242 e. The summed E-state index contributed by atoms with van der Waals surface area (Å²) in [5.41, 5.74) is 5.97. The highest BCUT2D eigenvalue weighted by Gasteiger charge is 2.30. The monoisotopic (exact) mass is 319 g/mol. The summed E-state index contributed by atoms with van der Waals surface area (Å²) in [6.45, 7) is 8.32. The first-order valence-corrected chi connectivity index (χ1v) is 7.64. The second kappa shape index (κ2) is 9.26. The van der Waals surface area contributed by atoms with Gasteiger partial charge in [-0.05, 0) is 30.6 Å². The molecule has 0 radical (unpaired) electrons. The number of halogens is 1. The van der Waals surface area contributed by atoms with Crippen LogP contribution in [0.2, 0.25) is 0 Å². The van der Waals surface area contributed by atoms with Crippen LogP contribution >= 0.6 is 12.4 Å². The molecule has 21 heavy (non-hydrogen) atoms. The molecule has 2 unspecified atom stereocenters. The molecule has 1 aliphatic rings. The Balaban J connectivity index is 0.00000400. The molecule has 124 valence electrons. The maximum atomic E-state index is 12.2. The van der Waals surface area contributed by atoms with Gasteiger partial charge in [-0.15, -0.1) is 12.4 Å². The molecule has 6 heteroatoms. The lowest BCUT2D eigenvalue weighted by Crippen LogP contribution is -2.52. The quantitative estimate of drug-likeness (QED) is 0.633. The van der Waals surface area contributed by atoms with E-state index in [0.29, 0.717) is 18.9 Å². The van der Waals surface area contributed by atoms with Crippen LogP contribution in [0.25, 0.3) is 0 Å². The molecule has 1 aliphatic carbocycles. The van der Waals surface area contributed by atoms with Crippen molar-refractivity contribution in [3.8, 4) is 0 Å². The Bertz CT molecular complexity index is 344. The predicted octanol–water partition coefficient (Wildman–Crippen LogP) is 1.45. The SMILES string of the molecule is CC(C)CC(=O)NC(C(=O)NCC(N)C1CC1)C(C)C.Cl. The van der Waals surface area contributed by atoms with E-state index in [4.69, 9.17) is 5.73 Å². The molecule has 4 N–H and O–H groups in total. The van der Waals surface area contributed by atoms with Crippen molar-refractivity contribution < 1.29 is 9.59 Å². The number of hydrogen-bond donors (Lipinski definition) is 3. The molecule has 2 amide bonds. The van der Waals surface area contributed by atoms with Crippen LogP contribution in [0.3, 0.4) is 0 Å². The van der Waals surface area contributed by atoms with Crippen LogP contribution < -0.4 is 16.4 Å². The van der Waals surface area contributed by atoms with Gasteiger partial charge in [-0.3, -0.25) is 9.59 Å². The summed E-state index contributed by atoms with van der Waals surface area (Å²) in [4.78, 5) is 24.0. The van der Waals surface area contributed by atoms with E-state index in [9.17, 15) is 9.59 Å². The minimum absolute atomic E-state index is 0. The van der Waals surface area contributed by atoms with Crippen molar-refractivity contribution in [2.75, 3.05) is 6.54 Å². The van der Waals surface area contributed by atoms with Crippen molar-refractivity contribution in [1.82, 2.24) is 10.6 Å². The fourth-order valence-electron chi connectivity index (χ4n) is 2.16. The van der Waals surface area contributed by atoms with E-state index in [-0.39, 0.29) is 42.1 Å². The van der Waals surface area contributed by atoms with Crippen LogP contribution in [0.1, 0.15) is 47.0 Å². The molecule has 0 saturated heterocycles. The molecule has 0 aromatic heterocycles. The lowest BCUT2D eigenvalue weighted by molar-refractivity contribution is -0.130. The molecular formula is C15H30ClN3O2. The van der Waals surface area contributed by atoms with Crippen molar-refractivity contribution >= 4 is 24.2 Å². The third-order valence-corrected chi connectivity index (χ3v) is 3.60. The number of carbonyl (C=O) groups excluding carboxylic acids is 2. The average Bonchev–Trinajstić information content (AvgIpc) is 3.15. The van der Waals surface area contributed by atoms with Gasteiger partial charge in [-0.25, -0.2) is 0 Å². The van der Waals surface area contributed by atoms with E-state index >= 15 is 0 Å². The molecule has 0 bridgehead atoms. The third kappa shape index (κ3) is 7.67. The summed E-state index contributed by atoms with van der Waals surface area (Å²) in [5.74, 6) is 0.703. The smallest absolute Gasteiger partial charge is 0.242 e. The minimum atomic E-state index is -0.479. The van der Waals surface area contributed by atoms with Crippen LogP contribution in [-0.2, 0) is 9.59 Å². The summed E-state index contributed by atoms with van der Waals surface area (Å²) in [5, 5.41) is 5.69. The molecular weight excluding hydrogens is 290 g/mol. The van der Waals surface area contributed by atoms with Crippen molar-refractivity contribution in [1.29, 1.82) is 0 Å². The molecule has 1 saturated carbocycles. The van der Waals surface area contributed by atoms with E-state index in [1.165, 1.54) is 0 Å². The van der Waals surface area contributed by atoms with Crippen molar-refractivity contribution in [3.63, 3.8) is 0 Å². The van der Waals surface area contributed by atoms with Gasteiger partial charge >= 0.3 is 0 Å². The van der Waals surface area contributed by atoms with Crippen LogP contribution in [0, 0.1) is 17.8 Å². The second-order valence-corrected chi connectivity index (χ2v) is 6.63. The summed E-state index contributed by atoms with van der Waals surface area (Å²) >= 11 is 0. The molecule has 2 atom stereocenters. The Morgan fingerprint density at radius 1 is 1.19 bits per heavy atom. The lowest BCUT2D eigenvalue weighted by atomic mass is 10.0. The van der Waals surface area contributed by atoms with E-state index in [1.54, 1.807) is 0 Å². The van der Waals surface area contributed by atoms with Gasteiger partial charge in [0.1, 0.15) is 6.04 Å². The molecule has 0 aromatic carbocycles. The zero-order valence-corrected chi connectivity index (χ0v) is 14.3. The Morgan fingerprint density at radius 2 is 1.76 bits per heavy atom. The van der Waals surface area contributed by atoms with Gasteiger partial charge in [0.25, 0.3) is 0 Å². The highest BCUT2D eigenvalue weighted by Crippen LogP contribution is 2.31. The van der Waals surface area contributed by atoms with Crippen LogP contribution in [0.4, 0.5) is 0 Å². The van der Waals surface area contributed by atoms with Gasteiger partial charge in [-0.2, -0.15) is 0 Å². The van der Waals surface area contributed by atoms with Gasteiger partial charge in [0, 0.05) is 19.0 Å². The van der Waals surface area contributed by atoms with Gasteiger partial charge in [0.15, 0.2) is 0 Å². The topological polar surface area (TPSA) is 84.2 Å². The summed E-state index contributed by atoms with van der Waals surface area (Å²) in [6, 6.07) is -0.439. The summed E-state index contributed by atoms with van der Waals surface area (Å²) in [7, 11) is 0. The summed E-state index contributed by atoms with van der Waals surface area (Å²) < 4.78 is 0. The Hall–Kier alpha value is -0.810. The van der Waals surface area contributed by atoms with Gasteiger partial charge < -0.3 is 16.4 Å². The minimum Gasteiger partial charge on any atom is -0.353 e. The molecule has 0 aromatic rings. The fourth-order valence-corrected chi connectivity index (χ4v) is 2.16. The van der Waals surface area contributed by atoms with Gasteiger partial charge in [0.05, 0.1) is 0 Å². The molecule has 0 heterocycles. The lowest BCUT2D eigenvalue weighted by Gasteiger charge is -2.23. The van der Waals surface area contributed by atoms with Crippen LogP contribution in [-0.4, -0.2) is 30.4 Å². The zero-order chi connectivity index (χ0) is 15.3. The van der Waals surface area contributed by atoms with Crippen molar-refractivity contribution in [2.24, 2.45) is 23.5 Å². The molecule has 0 spiro atoms. The zero-order valence-electron chi connectivity index (χ0n) is 13.5. The molecule has 1 rings (SSSR count). The molecule has 0 aliphatic heterocycles. The number of nitrogens with one attached hydrogen (secondary N) is 2. The normalized spacial score (nSPS) is 17.1. The first-order valence-electron chi connectivity index (χ1n) is 7.64. The van der Waals surface area contributed by atoms with Gasteiger partial charge in [0.2, 0.25) is 11.8 Å². The number of carbonyl (C=O) groups is 2. The molecule has 5 nitrogen and oxygen atoms in total. The molecule has 1 fully saturated rings. The number of hydrogen-bond acceptors (Lipinski definition) is 3. The van der Waals surface area contributed by atoms with Gasteiger partial charge in [-0.1, -0.05) is 27.7 Å². The Kier molecular flexibility index (Phi) is 8.90. The summed E-state index contributed by atoms with van der Waals surface area (Å²) in [6.07, 6.45) is 2.77. The van der Waals surface area contributed by atoms with Crippen LogP contribution in [0.15, 0.2) is 0 Å². The standard InChI is InChI=1S/C15H29N3O2.ClH/c1-9(2)7-13(19)18-14(10(3)4)15(20)17-8-12(16)11-5-6-11;/h9-12,14H,5-8,16H2,1-4H3,(H,17,20)(H,18,19);1H. The number of nitrogens with two attached hydrogens (primary N) is 1. The van der Waals surface area contributed by atoms with Crippen molar-refractivity contribution in [3.05, 3.63) is 0 Å². The fraction of sp³-hybridized carbons (Fsp3) is 0.867. The average molecular weight is 320 g/mol. The van der Waals surface area contributed by atoms with E-state index in [1.807, 2.05) is 27.7 Å². The highest BCUT2D eigenvalue weighted by molar-refractivity contribution is 5.87. The van der Waals surface area contributed by atoms with E-state index in [2.05, 4.69) is 10.6 Å². The first-order chi connectivity index (χ1) is 9.31. The Morgan fingerprint density at radius 3 is 2.19 bits per heavy atom. The number of rotatable bonds is 8. The Labute approximate surface area is 134 Å². The number of amides is 2. The second-order valence-electron chi connectivity index (χ2n) is 6.63. The van der Waals surface area contributed by atoms with Crippen molar-refractivity contribution in [2.45, 2.75) is 59.0 Å². The van der Waals surface area contributed by atoms with E-state index < -0.39 is 6.04 Å². The first kappa shape index (κ1) is 20.2. The predicted molar refractivity (Wildman–Crippen MR) is 87.2 cm³/mol. The highest BCUT2D eigenvalue weighted by atomic mass is 35.5. The third-order valence-electron chi connectivity index (χ3n) is 3.60.